The summed E-state index contributed by atoms with van der Waals surface area (Å²) in [7, 11) is 0. The molecule has 0 saturated carbocycles. The van der Waals surface area contributed by atoms with Gasteiger partial charge in [-0.05, 0) is 41.8 Å². The summed E-state index contributed by atoms with van der Waals surface area (Å²) in [6.07, 6.45) is 0.695. The summed E-state index contributed by atoms with van der Waals surface area (Å²) in [5.74, 6) is -1.34. The van der Waals surface area contributed by atoms with E-state index in [1.165, 1.54) is 23.1 Å². The Labute approximate surface area is 168 Å². The first-order chi connectivity index (χ1) is 14.1. The van der Waals surface area contributed by atoms with Gasteiger partial charge in [-0.3, -0.25) is 9.59 Å². The number of hydrogen-bond donors (Lipinski definition) is 0. The molecule has 0 aromatic heterocycles. The molecule has 0 fully saturated rings. The number of amides is 2. The largest absolute Gasteiger partial charge is 0.457 e. The maximum absolute atomic E-state index is 13.0. The van der Waals surface area contributed by atoms with Gasteiger partial charge in [0.15, 0.2) is 0 Å². The van der Waals surface area contributed by atoms with Crippen molar-refractivity contribution in [1.82, 2.24) is 0 Å². The van der Waals surface area contributed by atoms with Crippen molar-refractivity contribution < 1.29 is 19.1 Å². The fourth-order valence-corrected chi connectivity index (χ4v) is 3.42. The van der Waals surface area contributed by atoms with Gasteiger partial charge in [-0.2, -0.15) is 0 Å². The molecule has 0 spiro atoms. The van der Waals surface area contributed by atoms with E-state index in [-0.39, 0.29) is 23.6 Å². The van der Waals surface area contributed by atoms with Crippen LogP contribution in [0.2, 0.25) is 0 Å². The maximum atomic E-state index is 13.0. The highest BCUT2D eigenvalue weighted by Gasteiger charge is 2.38. The van der Waals surface area contributed by atoms with Crippen molar-refractivity contribution >= 4 is 23.5 Å². The fourth-order valence-electron chi connectivity index (χ4n) is 3.42. The zero-order valence-corrected chi connectivity index (χ0v) is 15.9. The number of carbonyl (C=O) groups is 3. The molecule has 1 heterocycles. The quantitative estimate of drug-likeness (QED) is 0.482. The second-order valence-corrected chi connectivity index (χ2v) is 6.75. The monoisotopic (exact) mass is 385 g/mol. The number of hydrogen-bond acceptors (Lipinski definition) is 4. The van der Waals surface area contributed by atoms with E-state index >= 15 is 0 Å². The van der Waals surface area contributed by atoms with Crippen LogP contribution in [0, 0.1) is 0 Å². The van der Waals surface area contributed by atoms with Crippen LogP contribution >= 0.6 is 0 Å². The van der Waals surface area contributed by atoms with Gasteiger partial charge in [-0.25, -0.2) is 9.69 Å². The number of benzene rings is 3. The SMILES string of the molecule is CCc1ccccc1N1C(=O)c2ccc(C(=O)OCc3ccccc3)cc2C1=O. The van der Waals surface area contributed by atoms with Crippen molar-refractivity contribution in [2.75, 3.05) is 4.90 Å². The van der Waals surface area contributed by atoms with E-state index in [2.05, 4.69) is 0 Å². The highest BCUT2D eigenvalue weighted by atomic mass is 16.5. The lowest BCUT2D eigenvalue weighted by molar-refractivity contribution is 0.0472. The van der Waals surface area contributed by atoms with Crippen LogP contribution in [0.1, 0.15) is 49.1 Å². The zero-order valence-electron chi connectivity index (χ0n) is 15.9. The first-order valence-electron chi connectivity index (χ1n) is 9.42. The number of para-hydroxylation sites is 1. The molecule has 0 radical (unpaired) electrons. The number of ether oxygens (including phenoxy) is 1. The third kappa shape index (κ3) is 3.43. The molecule has 0 atom stereocenters. The zero-order chi connectivity index (χ0) is 20.4. The number of anilines is 1. The van der Waals surface area contributed by atoms with E-state index in [9.17, 15) is 14.4 Å². The molecule has 4 rings (SSSR count). The fraction of sp³-hybridized carbons (Fsp3) is 0.125. The Morgan fingerprint density at radius 1 is 0.862 bits per heavy atom. The molecule has 29 heavy (non-hydrogen) atoms. The Hall–Kier alpha value is -3.73. The van der Waals surface area contributed by atoms with Gasteiger partial charge in [0, 0.05) is 0 Å². The van der Waals surface area contributed by atoms with Crippen molar-refractivity contribution in [2.24, 2.45) is 0 Å². The number of aryl methyl sites for hydroxylation is 1. The van der Waals surface area contributed by atoms with Gasteiger partial charge in [0.1, 0.15) is 6.61 Å². The molecule has 144 valence electrons. The molecular weight excluding hydrogens is 366 g/mol. The lowest BCUT2D eigenvalue weighted by Crippen LogP contribution is -2.30. The molecule has 3 aromatic rings. The van der Waals surface area contributed by atoms with Crippen molar-refractivity contribution in [3.63, 3.8) is 0 Å². The maximum Gasteiger partial charge on any atom is 0.338 e. The van der Waals surface area contributed by atoms with Crippen LogP contribution in [-0.2, 0) is 17.8 Å². The van der Waals surface area contributed by atoms with Gasteiger partial charge in [0.2, 0.25) is 0 Å². The van der Waals surface area contributed by atoms with Crippen LogP contribution in [0.4, 0.5) is 5.69 Å². The molecule has 1 aliphatic heterocycles. The van der Waals surface area contributed by atoms with Gasteiger partial charge in [-0.1, -0.05) is 55.5 Å². The molecule has 0 saturated heterocycles. The number of rotatable bonds is 5. The Morgan fingerprint density at radius 2 is 1.55 bits per heavy atom. The van der Waals surface area contributed by atoms with Gasteiger partial charge >= 0.3 is 5.97 Å². The number of carbonyl (C=O) groups excluding carboxylic acids is 3. The Balaban J connectivity index is 1.59. The molecule has 0 unspecified atom stereocenters. The summed E-state index contributed by atoms with van der Waals surface area (Å²) in [4.78, 5) is 39.4. The van der Waals surface area contributed by atoms with Crippen molar-refractivity contribution in [3.05, 3.63) is 101 Å². The van der Waals surface area contributed by atoms with E-state index in [1.54, 1.807) is 12.1 Å². The molecule has 1 aliphatic rings. The summed E-state index contributed by atoms with van der Waals surface area (Å²) in [6.45, 7) is 2.11. The van der Waals surface area contributed by atoms with E-state index in [0.29, 0.717) is 17.7 Å². The lowest BCUT2D eigenvalue weighted by Gasteiger charge is -2.17. The van der Waals surface area contributed by atoms with Crippen molar-refractivity contribution in [1.29, 1.82) is 0 Å². The van der Waals surface area contributed by atoms with Gasteiger partial charge in [0.05, 0.1) is 22.4 Å². The molecule has 0 bridgehead atoms. The van der Waals surface area contributed by atoms with Gasteiger partial charge < -0.3 is 4.74 Å². The predicted octanol–water partition coefficient (Wildman–Crippen LogP) is 4.41. The molecular formula is C24H19NO4. The minimum Gasteiger partial charge on any atom is -0.457 e. The number of fused-ring (bicyclic) bond motifs is 1. The molecule has 3 aromatic carbocycles. The summed E-state index contributed by atoms with van der Waals surface area (Å²) in [5, 5.41) is 0. The van der Waals surface area contributed by atoms with Crippen LogP contribution in [-0.4, -0.2) is 17.8 Å². The van der Waals surface area contributed by atoms with Crippen molar-refractivity contribution in [3.8, 4) is 0 Å². The molecule has 5 nitrogen and oxygen atoms in total. The van der Waals surface area contributed by atoms with Gasteiger partial charge in [0.25, 0.3) is 11.8 Å². The number of esters is 1. The average molecular weight is 385 g/mol. The first kappa shape index (κ1) is 18.6. The second-order valence-electron chi connectivity index (χ2n) is 6.75. The minimum atomic E-state index is -0.538. The van der Waals surface area contributed by atoms with Crippen LogP contribution in [0.25, 0.3) is 0 Å². The smallest absolute Gasteiger partial charge is 0.338 e. The van der Waals surface area contributed by atoms with E-state index in [0.717, 1.165) is 11.1 Å². The van der Waals surface area contributed by atoms with E-state index in [1.807, 2.05) is 49.4 Å². The summed E-state index contributed by atoms with van der Waals surface area (Å²) in [6, 6.07) is 21.1. The van der Waals surface area contributed by atoms with Gasteiger partial charge in [-0.15, -0.1) is 0 Å². The lowest BCUT2D eigenvalue weighted by atomic mass is 10.1. The Bertz CT molecular complexity index is 1100. The predicted molar refractivity (Wildman–Crippen MR) is 109 cm³/mol. The summed E-state index contributed by atoms with van der Waals surface area (Å²) < 4.78 is 5.34. The molecule has 0 N–H and O–H groups in total. The third-order valence-corrected chi connectivity index (χ3v) is 4.95. The Kier molecular flexibility index (Phi) is 4.96. The second kappa shape index (κ2) is 7.72. The van der Waals surface area contributed by atoms with E-state index in [4.69, 9.17) is 4.74 Å². The van der Waals surface area contributed by atoms with Crippen molar-refractivity contribution in [2.45, 2.75) is 20.0 Å². The first-order valence-corrected chi connectivity index (χ1v) is 9.42. The van der Waals surface area contributed by atoms with Crippen LogP contribution in [0.5, 0.6) is 0 Å². The van der Waals surface area contributed by atoms with E-state index < -0.39 is 11.9 Å². The topological polar surface area (TPSA) is 63.7 Å². The average Bonchev–Trinajstić information content (AvgIpc) is 3.02. The van der Waals surface area contributed by atoms with Crippen LogP contribution in [0.15, 0.2) is 72.8 Å². The molecule has 0 aliphatic carbocycles. The minimum absolute atomic E-state index is 0.139. The standard InChI is InChI=1S/C24H19NO4/c1-2-17-10-6-7-11-21(17)25-22(26)19-13-12-18(14-20(19)23(25)27)24(28)29-15-16-8-4-3-5-9-16/h3-14H,2,15H2,1H3. The highest BCUT2D eigenvalue weighted by Crippen LogP contribution is 2.31. The highest BCUT2D eigenvalue weighted by molar-refractivity contribution is 6.34. The number of imide groups is 1. The molecule has 2 amide bonds. The summed E-state index contributed by atoms with van der Waals surface area (Å²) >= 11 is 0. The van der Waals surface area contributed by atoms with Crippen LogP contribution < -0.4 is 4.90 Å². The Morgan fingerprint density at radius 3 is 2.31 bits per heavy atom. The number of nitrogens with zero attached hydrogens (tertiary/aromatic N) is 1. The molecule has 5 heteroatoms. The normalized spacial score (nSPS) is 12.8. The third-order valence-electron chi connectivity index (χ3n) is 4.95. The van der Waals surface area contributed by atoms with Crippen LogP contribution in [0.3, 0.4) is 0 Å². The summed E-state index contributed by atoms with van der Waals surface area (Å²) in [5.41, 5.74) is 3.11.